The highest BCUT2D eigenvalue weighted by Gasteiger charge is 2.50. The molecule has 0 saturated carbocycles. The first-order valence-corrected chi connectivity index (χ1v) is 22.1. The molecule has 29 heteroatoms. The number of nitrogens with zero attached hydrogens (tertiary/aromatic N) is 4. The SMILES string of the molecule is CC(C)CC(O)C(=O)SCCNC(=O)CCNC(=O)C(O)C(C)(C)COP(=O)(O)OP(=O)(O)OC[C@H]1O[C@@H](n2cnc3c(N)ncnc32)[C@H](O)[C@@H]1OP(=O)(O)O. The summed E-state index contributed by atoms with van der Waals surface area (Å²) in [7, 11) is -16.4. The number of ether oxygens (including phenoxy) is 1. The number of phosphoric ester groups is 3. The lowest BCUT2D eigenvalue weighted by molar-refractivity contribution is -0.137. The number of anilines is 1. The highest BCUT2D eigenvalue weighted by atomic mass is 32.2. The summed E-state index contributed by atoms with van der Waals surface area (Å²) < 4.78 is 62.0. The van der Waals surface area contributed by atoms with Crippen molar-refractivity contribution in [2.45, 2.75) is 77.3 Å². The molecule has 0 spiro atoms. The zero-order chi connectivity index (χ0) is 42.2. The molecule has 0 aliphatic carbocycles. The summed E-state index contributed by atoms with van der Waals surface area (Å²) in [6.07, 6.45) is -7.80. The molecule has 3 rings (SSSR count). The van der Waals surface area contributed by atoms with E-state index in [0.29, 0.717) is 6.42 Å². The number of aliphatic hydroxyl groups is 3. The molecule has 1 aliphatic rings. The Kier molecular flexibility index (Phi) is 17.1. The van der Waals surface area contributed by atoms with Gasteiger partial charge in [-0.15, -0.1) is 0 Å². The van der Waals surface area contributed by atoms with Gasteiger partial charge in [0.1, 0.15) is 42.4 Å². The summed E-state index contributed by atoms with van der Waals surface area (Å²) in [4.78, 5) is 87.4. The maximum absolute atomic E-state index is 12.7. The number of thioether (sulfide) groups is 1. The minimum Gasteiger partial charge on any atom is -0.386 e. The van der Waals surface area contributed by atoms with E-state index in [9.17, 15) is 63.0 Å². The second-order valence-electron chi connectivity index (χ2n) is 13.4. The third kappa shape index (κ3) is 14.4. The standard InChI is InChI=1S/C27H46N7O18P3S/c1-14(2)9-15(35)26(40)56-8-7-29-17(36)5-6-30-24(39)21(38)27(3,4)11-49-55(46,47)52-54(44,45)48-10-16-20(51-53(41,42)43)19(37)25(50-16)34-13-33-18-22(28)31-12-32-23(18)34/h12-16,19-21,25,35,37-38H,5-11H2,1-4H3,(H,29,36)(H,30,39)(H,44,45)(H,46,47)(H2,28,31,32)(H2,41,42,43)/t15?,16-,19-,20-,21?,25-/m1/s1. The van der Waals surface area contributed by atoms with Crippen LogP contribution >= 0.6 is 35.2 Å². The van der Waals surface area contributed by atoms with Crippen LogP contribution in [0.25, 0.3) is 11.2 Å². The lowest BCUT2D eigenvalue weighted by atomic mass is 9.87. The van der Waals surface area contributed by atoms with Gasteiger partial charge in [0, 0.05) is 30.7 Å². The van der Waals surface area contributed by atoms with E-state index in [1.165, 1.54) is 13.8 Å². The molecule has 56 heavy (non-hydrogen) atoms. The molecular formula is C27H46N7O18P3S. The number of phosphoric acid groups is 3. The molecule has 2 amide bonds. The number of nitrogens with two attached hydrogens (primary N) is 1. The van der Waals surface area contributed by atoms with Crippen molar-refractivity contribution in [1.82, 2.24) is 30.2 Å². The van der Waals surface area contributed by atoms with Crippen LogP contribution in [0, 0.1) is 11.3 Å². The summed E-state index contributed by atoms with van der Waals surface area (Å²) in [5.41, 5.74) is 4.23. The van der Waals surface area contributed by atoms with Gasteiger partial charge in [-0.3, -0.25) is 32.5 Å². The lowest BCUT2D eigenvalue weighted by Crippen LogP contribution is -2.46. The zero-order valence-corrected chi connectivity index (χ0v) is 33.9. The molecule has 4 unspecified atom stereocenters. The van der Waals surface area contributed by atoms with Crippen molar-refractivity contribution in [3.8, 4) is 0 Å². The van der Waals surface area contributed by atoms with Crippen molar-refractivity contribution in [1.29, 1.82) is 0 Å². The van der Waals surface area contributed by atoms with E-state index in [1.807, 2.05) is 13.8 Å². The van der Waals surface area contributed by atoms with Gasteiger partial charge >= 0.3 is 23.5 Å². The number of hydrogen-bond donors (Lipinski definition) is 10. The van der Waals surface area contributed by atoms with Crippen molar-refractivity contribution in [2.24, 2.45) is 11.3 Å². The van der Waals surface area contributed by atoms with E-state index in [0.717, 1.165) is 29.0 Å². The monoisotopic (exact) mass is 881 g/mol. The molecule has 1 fully saturated rings. The topological polar surface area (TPSA) is 384 Å². The maximum atomic E-state index is 12.7. The van der Waals surface area contributed by atoms with E-state index in [4.69, 9.17) is 19.5 Å². The number of amides is 2. The third-order valence-electron chi connectivity index (χ3n) is 7.71. The van der Waals surface area contributed by atoms with E-state index in [-0.39, 0.29) is 48.2 Å². The van der Waals surface area contributed by atoms with Crippen LogP contribution in [0.3, 0.4) is 0 Å². The molecule has 1 saturated heterocycles. The summed E-state index contributed by atoms with van der Waals surface area (Å²) in [5, 5.41) is 35.7. The van der Waals surface area contributed by atoms with Crippen molar-refractivity contribution in [3.05, 3.63) is 12.7 Å². The van der Waals surface area contributed by atoms with Crippen LogP contribution < -0.4 is 16.4 Å². The largest absolute Gasteiger partial charge is 0.481 e. The molecule has 25 nitrogen and oxygen atoms in total. The molecule has 3 heterocycles. The first-order valence-electron chi connectivity index (χ1n) is 16.6. The van der Waals surface area contributed by atoms with Crippen molar-refractivity contribution < 1.29 is 85.6 Å². The molecule has 2 aromatic rings. The number of fused-ring (bicyclic) bond motifs is 1. The summed E-state index contributed by atoms with van der Waals surface area (Å²) in [6.45, 7) is 4.04. The number of nitrogen functional groups attached to an aromatic ring is 1. The smallest absolute Gasteiger partial charge is 0.386 e. The number of aliphatic hydroxyl groups excluding tert-OH is 3. The minimum atomic E-state index is -5.58. The second kappa shape index (κ2) is 20.0. The minimum absolute atomic E-state index is 0.0255. The Morgan fingerprint density at radius 2 is 1.70 bits per heavy atom. The Hall–Kier alpha value is -2.48. The van der Waals surface area contributed by atoms with Gasteiger partial charge in [-0.2, -0.15) is 4.31 Å². The number of carbonyl (C=O) groups excluding carboxylic acids is 3. The number of carbonyl (C=O) groups is 3. The number of nitrogens with one attached hydrogen (secondary N) is 2. The number of hydrogen-bond acceptors (Lipinski definition) is 19. The molecule has 8 atom stereocenters. The van der Waals surface area contributed by atoms with Gasteiger partial charge in [-0.25, -0.2) is 28.6 Å². The van der Waals surface area contributed by atoms with Crippen LogP contribution in [0.1, 0.15) is 46.8 Å². The summed E-state index contributed by atoms with van der Waals surface area (Å²) in [5.74, 6) is -1.19. The van der Waals surface area contributed by atoms with Gasteiger partial charge in [0.15, 0.2) is 17.7 Å². The predicted octanol–water partition coefficient (Wildman–Crippen LogP) is -0.928. The highest BCUT2D eigenvalue weighted by Crippen LogP contribution is 2.61. The zero-order valence-electron chi connectivity index (χ0n) is 30.4. The van der Waals surface area contributed by atoms with E-state index in [2.05, 4.69) is 34.4 Å². The fraction of sp³-hybridized carbons (Fsp3) is 0.704. The van der Waals surface area contributed by atoms with E-state index in [1.54, 1.807) is 0 Å². The quantitative estimate of drug-likeness (QED) is 0.0504. The Bertz CT molecular complexity index is 1830. The fourth-order valence-corrected chi connectivity index (χ4v) is 8.44. The molecule has 0 bridgehead atoms. The Morgan fingerprint density at radius 3 is 2.34 bits per heavy atom. The van der Waals surface area contributed by atoms with Gasteiger partial charge in [0.2, 0.25) is 16.9 Å². The average molecular weight is 882 g/mol. The molecule has 1 aliphatic heterocycles. The van der Waals surface area contributed by atoms with Gasteiger partial charge in [-0.1, -0.05) is 39.5 Å². The number of imidazole rings is 1. The number of aromatic nitrogens is 4. The molecule has 0 radical (unpaired) electrons. The van der Waals surface area contributed by atoms with Gasteiger partial charge in [0.25, 0.3) is 0 Å². The number of rotatable bonds is 22. The van der Waals surface area contributed by atoms with Crippen LogP contribution in [0.15, 0.2) is 12.7 Å². The normalized spacial score (nSPS) is 22.4. The Labute approximate surface area is 323 Å². The highest BCUT2D eigenvalue weighted by molar-refractivity contribution is 8.13. The average Bonchev–Trinajstić information content (AvgIpc) is 3.64. The molecule has 0 aromatic carbocycles. The summed E-state index contributed by atoms with van der Waals surface area (Å²) >= 11 is 0.870. The van der Waals surface area contributed by atoms with Crippen LogP contribution in [-0.4, -0.2) is 134 Å². The molecule has 318 valence electrons. The van der Waals surface area contributed by atoms with Crippen molar-refractivity contribution in [2.75, 3.05) is 37.8 Å². The van der Waals surface area contributed by atoms with Gasteiger partial charge in [-0.05, 0) is 12.3 Å². The summed E-state index contributed by atoms with van der Waals surface area (Å²) in [6, 6.07) is 0. The molecule has 2 aromatic heterocycles. The Morgan fingerprint density at radius 1 is 1.04 bits per heavy atom. The molecule has 11 N–H and O–H groups in total. The fourth-order valence-electron chi connectivity index (χ4n) is 4.92. The van der Waals surface area contributed by atoms with Gasteiger partial charge < -0.3 is 56.0 Å². The van der Waals surface area contributed by atoms with Crippen molar-refractivity contribution >= 4 is 69.1 Å². The predicted molar refractivity (Wildman–Crippen MR) is 193 cm³/mol. The van der Waals surface area contributed by atoms with E-state index >= 15 is 0 Å². The van der Waals surface area contributed by atoms with Crippen LogP contribution in [-0.2, 0) is 50.7 Å². The molecular weight excluding hydrogens is 835 g/mol. The third-order valence-corrected chi connectivity index (χ3v) is 11.8. The second-order valence-corrected chi connectivity index (χ2v) is 18.7. The van der Waals surface area contributed by atoms with Crippen LogP contribution in [0.2, 0.25) is 0 Å². The Balaban J connectivity index is 1.49. The van der Waals surface area contributed by atoms with Gasteiger partial charge in [0.05, 0.1) is 19.5 Å². The first-order chi connectivity index (χ1) is 25.8. The van der Waals surface area contributed by atoms with Crippen LogP contribution in [0.4, 0.5) is 5.82 Å². The van der Waals surface area contributed by atoms with E-state index < -0.39 is 95.8 Å². The maximum Gasteiger partial charge on any atom is 0.481 e. The van der Waals surface area contributed by atoms with Crippen LogP contribution in [0.5, 0.6) is 0 Å². The van der Waals surface area contributed by atoms with Crippen molar-refractivity contribution in [3.63, 3.8) is 0 Å². The first kappa shape index (κ1) is 47.9. The lowest BCUT2D eigenvalue weighted by Gasteiger charge is -2.30.